The van der Waals surface area contributed by atoms with Gasteiger partial charge < -0.3 is 24.3 Å². The normalized spacial score (nSPS) is 23.3. The number of likely N-dealkylation sites (N-methyl/N-ethyl adjacent to an activating group) is 1. The van der Waals surface area contributed by atoms with Crippen molar-refractivity contribution >= 4 is 11.8 Å². The zero-order chi connectivity index (χ0) is 21.5. The molecule has 4 aliphatic heterocycles. The summed E-state index contributed by atoms with van der Waals surface area (Å²) >= 11 is 0. The van der Waals surface area contributed by atoms with Gasteiger partial charge in [-0.05, 0) is 59.3 Å². The number of morpholine rings is 1. The number of hydrogen-bond donors (Lipinski definition) is 0. The fourth-order valence-electron chi connectivity index (χ4n) is 3.43. The van der Waals surface area contributed by atoms with Crippen LogP contribution in [-0.2, 0) is 14.3 Å². The SMILES string of the molecule is CN1CCCC1=O.CN1CCCCC1.CN1CCCCC1=O.CN1CCOCC1. The van der Waals surface area contributed by atoms with Gasteiger partial charge in [0.2, 0.25) is 11.8 Å². The van der Waals surface area contributed by atoms with Crippen molar-refractivity contribution in [3.05, 3.63) is 0 Å². The summed E-state index contributed by atoms with van der Waals surface area (Å²) in [6.45, 7) is 8.57. The van der Waals surface area contributed by atoms with Crippen molar-refractivity contribution in [2.75, 3.05) is 80.7 Å². The number of hydrogen-bond acceptors (Lipinski definition) is 5. The first kappa shape index (κ1) is 25.9. The van der Waals surface area contributed by atoms with Crippen molar-refractivity contribution in [2.24, 2.45) is 0 Å². The van der Waals surface area contributed by atoms with Gasteiger partial charge in [0, 0.05) is 53.1 Å². The van der Waals surface area contributed by atoms with E-state index in [0.29, 0.717) is 11.8 Å². The summed E-state index contributed by atoms with van der Waals surface area (Å²) in [5.41, 5.74) is 0. The predicted octanol–water partition coefficient (Wildman–Crippen LogP) is 1.92. The molecule has 0 aromatic rings. The maximum absolute atomic E-state index is 10.7. The molecule has 0 bridgehead atoms. The van der Waals surface area contributed by atoms with Crippen LogP contribution in [0, 0.1) is 0 Å². The maximum Gasteiger partial charge on any atom is 0.222 e. The molecular formula is C22H44N4O3. The van der Waals surface area contributed by atoms with Gasteiger partial charge in [-0.1, -0.05) is 6.42 Å². The summed E-state index contributed by atoms with van der Waals surface area (Å²) < 4.78 is 5.10. The van der Waals surface area contributed by atoms with E-state index in [1.54, 1.807) is 9.80 Å². The number of carbonyl (C=O) groups excluding carboxylic acids is 2. The van der Waals surface area contributed by atoms with Crippen LogP contribution in [0.25, 0.3) is 0 Å². The maximum atomic E-state index is 10.7. The summed E-state index contributed by atoms with van der Waals surface area (Å²) in [7, 11) is 8.01. The number of rotatable bonds is 0. The topological polar surface area (TPSA) is 56.3 Å². The molecule has 4 saturated heterocycles. The number of likely N-dealkylation sites (tertiary alicyclic amines) is 3. The average molecular weight is 413 g/mol. The second-order valence-corrected chi connectivity index (χ2v) is 8.47. The Morgan fingerprint density at radius 1 is 0.552 bits per heavy atom. The molecule has 0 aliphatic carbocycles. The molecule has 0 radical (unpaired) electrons. The fraction of sp³-hybridized carbons (Fsp3) is 0.909. The van der Waals surface area contributed by atoms with E-state index in [-0.39, 0.29) is 0 Å². The molecule has 0 spiro atoms. The minimum atomic E-state index is 0.292. The van der Waals surface area contributed by atoms with Crippen LogP contribution < -0.4 is 0 Å². The van der Waals surface area contributed by atoms with Gasteiger partial charge >= 0.3 is 0 Å². The Kier molecular flexibility index (Phi) is 13.9. The lowest BCUT2D eigenvalue weighted by Crippen LogP contribution is -2.32. The first-order valence-corrected chi connectivity index (χ1v) is 11.3. The molecule has 4 aliphatic rings. The highest BCUT2D eigenvalue weighted by Gasteiger charge is 2.14. The second kappa shape index (κ2) is 15.6. The third-order valence-electron chi connectivity index (χ3n) is 5.68. The Morgan fingerprint density at radius 2 is 1.00 bits per heavy atom. The molecule has 170 valence electrons. The molecule has 4 fully saturated rings. The molecule has 0 aromatic heterocycles. The quantitative estimate of drug-likeness (QED) is 0.608. The van der Waals surface area contributed by atoms with Crippen LogP contribution in [0.15, 0.2) is 0 Å². The Morgan fingerprint density at radius 3 is 1.28 bits per heavy atom. The highest BCUT2D eigenvalue weighted by Crippen LogP contribution is 2.07. The predicted molar refractivity (Wildman–Crippen MR) is 118 cm³/mol. The van der Waals surface area contributed by atoms with Gasteiger partial charge in [-0.2, -0.15) is 0 Å². The van der Waals surface area contributed by atoms with Crippen LogP contribution in [0.3, 0.4) is 0 Å². The smallest absolute Gasteiger partial charge is 0.222 e. The fourth-order valence-corrected chi connectivity index (χ4v) is 3.43. The number of ether oxygens (including phenoxy) is 1. The molecule has 0 N–H and O–H groups in total. The van der Waals surface area contributed by atoms with Crippen molar-refractivity contribution in [1.82, 2.24) is 19.6 Å². The molecule has 2 amide bonds. The third-order valence-corrected chi connectivity index (χ3v) is 5.68. The molecule has 0 atom stereocenters. The highest BCUT2D eigenvalue weighted by molar-refractivity contribution is 5.77. The van der Waals surface area contributed by atoms with Crippen molar-refractivity contribution in [3.8, 4) is 0 Å². The van der Waals surface area contributed by atoms with Crippen LogP contribution in [0.1, 0.15) is 51.4 Å². The van der Waals surface area contributed by atoms with E-state index in [1.807, 2.05) is 14.1 Å². The first-order valence-electron chi connectivity index (χ1n) is 11.3. The minimum Gasteiger partial charge on any atom is -0.379 e. The Balaban J connectivity index is 0.000000194. The van der Waals surface area contributed by atoms with Gasteiger partial charge in [-0.3, -0.25) is 9.59 Å². The largest absolute Gasteiger partial charge is 0.379 e. The van der Waals surface area contributed by atoms with E-state index in [1.165, 1.54) is 38.8 Å². The van der Waals surface area contributed by atoms with Crippen molar-refractivity contribution in [2.45, 2.75) is 51.4 Å². The van der Waals surface area contributed by atoms with Crippen molar-refractivity contribution in [3.63, 3.8) is 0 Å². The first-order chi connectivity index (χ1) is 13.9. The average Bonchev–Trinajstić information content (AvgIpc) is 3.10. The highest BCUT2D eigenvalue weighted by atomic mass is 16.5. The van der Waals surface area contributed by atoms with Crippen molar-refractivity contribution < 1.29 is 14.3 Å². The molecule has 0 aromatic carbocycles. The van der Waals surface area contributed by atoms with Crippen LogP contribution in [0.5, 0.6) is 0 Å². The lowest BCUT2D eigenvalue weighted by atomic mass is 10.1. The summed E-state index contributed by atoms with van der Waals surface area (Å²) in [6, 6.07) is 0. The molecule has 7 nitrogen and oxygen atoms in total. The number of nitrogens with zero attached hydrogens (tertiary/aromatic N) is 4. The van der Waals surface area contributed by atoms with Crippen LogP contribution in [0.2, 0.25) is 0 Å². The molecular weight excluding hydrogens is 368 g/mol. The zero-order valence-corrected chi connectivity index (χ0v) is 19.3. The van der Waals surface area contributed by atoms with E-state index in [4.69, 9.17) is 4.74 Å². The zero-order valence-electron chi connectivity index (χ0n) is 19.3. The lowest BCUT2D eigenvalue weighted by molar-refractivity contribution is -0.131. The lowest BCUT2D eigenvalue weighted by Gasteiger charge is -2.21. The molecule has 0 saturated carbocycles. The van der Waals surface area contributed by atoms with Gasteiger partial charge in [0.25, 0.3) is 0 Å². The number of amides is 2. The van der Waals surface area contributed by atoms with E-state index >= 15 is 0 Å². The van der Waals surface area contributed by atoms with E-state index in [0.717, 1.165) is 65.1 Å². The molecule has 4 heterocycles. The summed E-state index contributed by atoms with van der Waals surface area (Å²) in [5.74, 6) is 0.594. The number of carbonyl (C=O) groups is 2. The van der Waals surface area contributed by atoms with Crippen LogP contribution in [0.4, 0.5) is 0 Å². The molecule has 4 rings (SSSR count). The van der Waals surface area contributed by atoms with Gasteiger partial charge in [0.05, 0.1) is 13.2 Å². The van der Waals surface area contributed by atoms with Gasteiger partial charge in [-0.25, -0.2) is 0 Å². The van der Waals surface area contributed by atoms with Crippen molar-refractivity contribution in [1.29, 1.82) is 0 Å². The minimum absolute atomic E-state index is 0.292. The van der Waals surface area contributed by atoms with Gasteiger partial charge in [0.1, 0.15) is 0 Å². The summed E-state index contributed by atoms with van der Waals surface area (Å²) in [6.07, 6.45) is 9.12. The van der Waals surface area contributed by atoms with E-state index in [2.05, 4.69) is 23.9 Å². The molecule has 29 heavy (non-hydrogen) atoms. The van der Waals surface area contributed by atoms with Crippen LogP contribution >= 0.6 is 0 Å². The van der Waals surface area contributed by atoms with Gasteiger partial charge in [0.15, 0.2) is 0 Å². The Labute approximate surface area is 178 Å². The second-order valence-electron chi connectivity index (χ2n) is 8.47. The Hall–Kier alpha value is -1.18. The van der Waals surface area contributed by atoms with E-state index < -0.39 is 0 Å². The molecule has 0 unspecified atom stereocenters. The van der Waals surface area contributed by atoms with Gasteiger partial charge in [-0.15, -0.1) is 0 Å². The standard InChI is InChI=1S/C6H11NO.C6H13N.C5H11NO.C5H9NO/c1-7-5-3-2-4-6(7)8;1-7-5-3-2-4-6-7;1-6-2-4-7-5-3-6;1-6-4-2-3-5(6)7/h2-5H2,1H3;2-6H2,1H3;2-5H2,1H3;2-4H2,1H3. The summed E-state index contributed by atoms with van der Waals surface area (Å²) in [5, 5.41) is 0. The van der Waals surface area contributed by atoms with Crippen LogP contribution in [-0.4, -0.2) is 112 Å². The number of piperidine rings is 2. The summed E-state index contributed by atoms with van der Waals surface area (Å²) in [4.78, 5) is 29.4. The monoisotopic (exact) mass is 412 g/mol. The Bertz CT molecular complexity index is 433. The van der Waals surface area contributed by atoms with E-state index in [9.17, 15) is 9.59 Å². The molecule has 7 heteroatoms. The third kappa shape index (κ3) is 12.9.